The van der Waals surface area contributed by atoms with Crippen LogP contribution in [0.3, 0.4) is 0 Å². The van der Waals surface area contributed by atoms with Crippen LogP contribution < -0.4 is 5.59 Å². The molecule has 1 aliphatic rings. The van der Waals surface area contributed by atoms with Crippen LogP contribution in [0.25, 0.3) is 0 Å². The Morgan fingerprint density at radius 2 is 1.84 bits per heavy atom. The molecule has 1 saturated heterocycles. The molecule has 5 nitrogen and oxygen atoms in total. The third kappa shape index (κ3) is 2.50. The first-order valence-corrected chi connectivity index (χ1v) is 6.25. The number of hydrogen-bond acceptors (Lipinski definition) is 5. The van der Waals surface area contributed by atoms with Crippen molar-refractivity contribution in [2.75, 3.05) is 0 Å². The number of carbonyl (C=O) groups excluding carboxylic acids is 1. The van der Waals surface area contributed by atoms with E-state index in [0.29, 0.717) is 11.3 Å². The molecule has 0 saturated carbocycles. The average Bonchev–Trinajstić information content (AvgIpc) is 2.51. The van der Waals surface area contributed by atoms with Crippen LogP contribution in [0.2, 0.25) is 0 Å². The van der Waals surface area contributed by atoms with Gasteiger partial charge in [0.25, 0.3) is 0 Å². The highest BCUT2D eigenvalue weighted by Gasteiger charge is 2.53. The van der Waals surface area contributed by atoms with Gasteiger partial charge in [-0.05, 0) is 39.8 Å². The maximum absolute atomic E-state index is 10.5. The molecule has 1 aliphatic heterocycles. The molecule has 0 aromatic carbocycles. The number of hydrogen-bond donors (Lipinski definition) is 1. The average molecular weight is 263 g/mol. The van der Waals surface area contributed by atoms with Crippen molar-refractivity contribution in [1.82, 2.24) is 4.98 Å². The molecule has 0 spiro atoms. The molecule has 2 heterocycles. The minimum Gasteiger partial charge on any atom is -0.507 e. The van der Waals surface area contributed by atoms with Gasteiger partial charge in [-0.1, -0.05) is 0 Å². The Balaban J connectivity index is 2.33. The highest BCUT2D eigenvalue weighted by Crippen LogP contribution is 2.36. The van der Waals surface area contributed by atoms with E-state index in [2.05, 4.69) is 4.98 Å². The van der Waals surface area contributed by atoms with Gasteiger partial charge in [0.1, 0.15) is 17.6 Å². The van der Waals surface area contributed by atoms with Crippen LogP contribution in [0.5, 0.6) is 5.75 Å². The summed E-state index contributed by atoms with van der Waals surface area (Å²) in [5.41, 5.74) is -0.0886. The molecule has 1 aromatic heterocycles. The van der Waals surface area contributed by atoms with Gasteiger partial charge in [-0.15, -0.1) is 0 Å². The zero-order chi connectivity index (χ0) is 14.3. The largest absolute Gasteiger partial charge is 0.518 e. The Bertz CT molecular complexity index is 485. The molecular formula is C13H18BNO4. The highest BCUT2D eigenvalue weighted by molar-refractivity contribution is 6.62. The number of aromatic hydroxyl groups is 1. The van der Waals surface area contributed by atoms with Gasteiger partial charge in [0.05, 0.1) is 11.2 Å². The standard InChI is InChI=1S/C13H18BNO4/c1-12(2)13(3,4)19-14(18-12)11-10(17)6-5-9(15-11)7-8-16/h5-6,8,17H,7H2,1-4H3. The Labute approximate surface area is 113 Å². The van der Waals surface area contributed by atoms with Crippen molar-refractivity contribution in [2.45, 2.75) is 45.3 Å². The molecule has 0 aliphatic carbocycles. The molecule has 1 fully saturated rings. The Morgan fingerprint density at radius 3 is 2.37 bits per heavy atom. The van der Waals surface area contributed by atoms with E-state index in [0.717, 1.165) is 6.29 Å². The fourth-order valence-electron chi connectivity index (χ4n) is 1.84. The molecule has 1 N–H and O–H groups in total. The molecule has 0 bridgehead atoms. The summed E-state index contributed by atoms with van der Waals surface area (Å²) in [4.78, 5) is 14.8. The van der Waals surface area contributed by atoms with E-state index >= 15 is 0 Å². The van der Waals surface area contributed by atoms with Crippen molar-refractivity contribution >= 4 is 19.0 Å². The topological polar surface area (TPSA) is 68.7 Å². The predicted molar refractivity (Wildman–Crippen MR) is 71.4 cm³/mol. The summed E-state index contributed by atoms with van der Waals surface area (Å²) < 4.78 is 11.7. The van der Waals surface area contributed by atoms with E-state index in [1.807, 2.05) is 27.7 Å². The Morgan fingerprint density at radius 1 is 1.26 bits per heavy atom. The number of aldehydes is 1. The van der Waals surface area contributed by atoms with Crippen LogP contribution in [0, 0.1) is 0 Å². The lowest BCUT2D eigenvalue weighted by Crippen LogP contribution is -2.41. The highest BCUT2D eigenvalue weighted by atomic mass is 16.7. The summed E-state index contributed by atoms with van der Waals surface area (Å²) in [6.07, 6.45) is 0.972. The third-order valence-corrected chi connectivity index (χ3v) is 3.73. The molecule has 0 atom stereocenters. The fraction of sp³-hybridized carbons (Fsp3) is 0.538. The van der Waals surface area contributed by atoms with Gasteiger partial charge in [0, 0.05) is 12.1 Å². The van der Waals surface area contributed by atoms with Crippen molar-refractivity contribution < 1.29 is 19.2 Å². The maximum Gasteiger partial charge on any atom is 0.518 e. The summed E-state index contributed by atoms with van der Waals surface area (Å²) >= 11 is 0. The zero-order valence-electron chi connectivity index (χ0n) is 11.6. The number of nitrogens with zero attached hydrogens (tertiary/aromatic N) is 1. The van der Waals surface area contributed by atoms with E-state index < -0.39 is 18.3 Å². The van der Waals surface area contributed by atoms with Gasteiger partial charge >= 0.3 is 7.12 Å². The van der Waals surface area contributed by atoms with Gasteiger partial charge in [-0.2, -0.15) is 0 Å². The van der Waals surface area contributed by atoms with Gasteiger partial charge in [0.15, 0.2) is 0 Å². The van der Waals surface area contributed by atoms with Gasteiger partial charge in [-0.3, -0.25) is 4.98 Å². The Hall–Kier alpha value is -1.40. The predicted octanol–water partition coefficient (Wildman–Crippen LogP) is 0.828. The second kappa shape index (κ2) is 4.61. The van der Waals surface area contributed by atoms with Gasteiger partial charge in [-0.25, -0.2) is 0 Å². The second-order valence-electron chi connectivity index (χ2n) is 5.67. The first kappa shape index (κ1) is 14.0. The second-order valence-corrected chi connectivity index (χ2v) is 5.67. The lowest BCUT2D eigenvalue weighted by Gasteiger charge is -2.32. The van der Waals surface area contributed by atoms with E-state index in [1.54, 1.807) is 6.07 Å². The minimum absolute atomic E-state index is 0.00755. The van der Waals surface area contributed by atoms with Crippen LogP contribution >= 0.6 is 0 Å². The monoisotopic (exact) mass is 263 g/mol. The van der Waals surface area contributed by atoms with Crippen LogP contribution in [-0.4, -0.2) is 34.7 Å². The van der Waals surface area contributed by atoms with Crippen LogP contribution in [0.4, 0.5) is 0 Å². The van der Waals surface area contributed by atoms with Crippen molar-refractivity contribution in [3.8, 4) is 5.75 Å². The van der Waals surface area contributed by atoms with Gasteiger partial charge in [0.2, 0.25) is 0 Å². The maximum atomic E-state index is 10.5. The molecule has 102 valence electrons. The number of aromatic nitrogens is 1. The lowest BCUT2D eigenvalue weighted by molar-refractivity contribution is -0.107. The summed E-state index contributed by atoms with van der Waals surface area (Å²) in [6.45, 7) is 7.72. The van der Waals surface area contributed by atoms with Crippen molar-refractivity contribution in [3.63, 3.8) is 0 Å². The van der Waals surface area contributed by atoms with E-state index in [9.17, 15) is 9.90 Å². The SMILES string of the molecule is CC1(C)OB(c2nc(CC=O)ccc2O)OC1(C)C. The third-order valence-electron chi connectivity index (χ3n) is 3.73. The molecule has 6 heteroatoms. The fourth-order valence-corrected chi connectivity index (χ4v) is 1.84. The van der Waals surface area contributed by atoms with E-state index in [4.69, 9.17) is 9.31 Å². The molecule has 0 amide bonds. The normalized spacial score (nSPS) is 20.5. The number of pyridine rings is 1. The molecule has 19 heavy (non-hydrogen) atoms. The van der Waals surface area contributed by atoms with Crippen molar-refractivity contribution in [1.29, 1.82) is 0 Å². The zero-order valence-corrected chi connectivity index (χ0v) is 11.6. The lowest BCUT2D eigenvalue weighted by atomic mass is 9.83. The summed E-state index contributed by atoms with van der Waals surface area (Å²) in [5.74, 6) is 0.00755. The molecule has 2 rings (SSSR count). The quantitative estimate of drug-likeness (QED) is 0.646. The molecule has 0 radical (unpaired) electrons. The first-order chi connectivity index (χ1) is 8.77. The van der Waals surface area contributed by atoms with Crippen LogP contribution in [-0.2, 0) is 20.5 Å². The smallest absolute Gasteiger partial charge is 0.507 e. The Kier molecular flexibility index (Phi) is 3.41. The van der Waals surface area contributed by atoms with Crippen LogP contribution in [0.15, 0.2) is 12.1 Å². The molecule has 0 unspecified atom stereocenters. The minimum atomic E-state index is -0.725. The van der Waals surface area contributed by atoms with Crippen molar-refractivity contribution in [2.24, 2.45) is 0 Å². The molecule has 1 aromatic rings. The van der Waals surface area contributed by atoms with E-state index in [1.165, 1.54) is 6.07 Å². The van der Waals surface area contributed by atoms with E-state index in [-0.39, 0.29) is 12.2 Å². The summed E-state index contributed by atoms with van der Waals surface area (Å²) in [7, 11) is -0.725. The van der Waals surface area contributed by atoms with Crippen molar-refractivity contribution in [3.05, 3.63) is 17.8 Å². The summed E-state index contributed by atoms with van der Waals surface area (Å²) in [6, 6.07) is 3.12. The number of carbonyl (C=O) groups is 1. The van der Waals surface area contributed by atoms with Crippen LogP contribution in [0.1, 0.15) is 33.4 Å². The molecular weight excluding hydrogens is 245 g/mol. The summed E-state index contributed by atoms with van der Waals surface area (Å²) in [5, 5.41) is 9.89. The number of rotatable bonds is 3. The first-order valence-electron chi connectivity index (χ1n) is 6.25. The van der Waals surface area contributed by atoms with Gasteiger partial charge < -0.3 is 19.2 Å².